The maximum Gasteiger partial charge on any atom is 0.0705 e. The zero-order valence-electron chi connectivity index (χ0n) is 9.33. The van der Waals surface area contributed by atoms with E-state index in [2.05, 4.69) is 45.3 Å². The second-order valence-corrected chi connectivity index (χ2v) is 5.31. The van der Waals surface area contributed by atoms with Crippen molar-refractivity contribution in [1.29, 1.82) is 0 Å². The predicted molar refractivity (Wildman–Crippen MR) is 61.4 cm³/mol. The molecule has 1 aromatic heterocycles. The molecule has 0 bridgehead atoms. The van der Waals surface area contributed by atoms with Gasteiger partial charge in [0.15, 0.2) is 0 Å². The fourth-order valence-corrected chi connectivity index (χ4v) is 1.95. The van der Waals surface area contributed by atoms with Crippen molar-refractivity contribution in [2.24, 2.45) is 5.92 Å². The fourth-order valence-electron chi connectivity index (χ4n) is 1.08. The minimum absolute atomic E-state index is 0.285. The van der Waals surface area contributed by atoms with Crippen LogP contribution in [0.15, 0.2) is 12.1 Å². The minimum atomic E-state index is 0.285. The summed E-state index contributed by atoms with van der Waals surface area (Å²) >= 11 is 1.81. The van der Waals surface area contributed by atoms with Gasteiger partial charge in [0, 0.05) is 9.75 Å². The number of hydrogen-bond donors (Lipinski definition) is 1. The van der Waals surface area contributed by atoms with Crippen LogP contribution in [0.25, 0.3) is 0 Å². The Balaban J connectivity index is 2.32. The lowest BCUT2D eigenvalue weighted by Gasteiger charge is -2.13. The van der Waals surface area contributed by atoms with Gasteiger partial charge in [-0.3, -0.25) is 0 Å². The lowest BCUT2D eigenvalue weighted by molar-refractivity contribution is 0.00478. The molecule has 1 atom stereocenters. The highest BCUT2D eigenvalue weighted by atomic mass is 32.1. The highest BCUT2D eigenvalue weighted by Crippen LogP contribution is 2.22. The van der Waals surface area contributed by atoms with Crippen LogP contribution >= 0.6 is 11.3 Å². The average Bonchev–Trinajstić information content (AvgIpc) is 2.51. The first-order valence-corrected chi connectivity index (χ1v) is 5.85. The Morgan fingerprint density at radius 3 is 2.57 bits per heavy atom. The molecule has 0 radical (unpaired) electrons. The maximum atomic E-state index is 5.38. The van der Waals surface area contributed by atoms with Gasteiger partial charge in [-0.15, -0.1) is 11.3 Å². The van der Waals surface area contributed by atoms with Crippen LogP contribution in [0.5, 0.6) is 0 Å². The summed E-state index contributed by atoms with van der Waals surface area (Å²) in [5, 5.41) is 0. The molecule has 0 aromatic carbocycles. The van der Waals surface area contributed by atoms with Gasteiger partial charge in [-0.1, -0.05) is 13.8 Å². The Kier molecular flexibility index (Phi) is 4.58. The molecular formula is C11H19NOS. The van der Waals surface area contributed by atoms with Crippen LogP contribution < -0.4 is 5.48 Å². The van der Waals surface area contributed by atoms with E-state index in [1.807, 2.05) is 11.3 Å². The third-order valence-corrected chi connectivity index (χ3v) is 3.05. The number of nitrogens with one attached hydrogen (secondary N) is 1. The van der Waals surface area contributed by atoms with Crippen molar-refractivity contribution in [3.63, 3.8) is 0 Å². The number of rotatable bonds is 5. The fraction of sp³-hybridized carbons (Fsp3) is 0.636. The third kappa shape index (κ3) is 3.78. The van der Waals surface area contributed by atoms with Gasteiger partial charge in [0.05, 0.1) is 12.6 Å². The molecular weight excluding hydrogens is 194 g/mol. The lowest BCUT2D eigenvalue weighted by Crippen LogP contribution is -2.20. The van der Waals surface area contributed by atoms with E-state index in [1.54, 1.807) is 0 Å². The molecule has 1 heterocycles. The molecule has 0 spiro atoms. The van der Waals surface area contributed by atoms with Crippen LogP contribution in [0.3, 0.4) is 0 Å². The molecule has 0 aliphatic carbocycles. The zero-order valence-corrected chi connectivity index (χ0v) is 10.1. The van der Waals surface area contributed by atoms with Crippen molar-refractivity contribution >= 4 is 11.3 Å². The second kappa shape index (κ2) is 5.49. The van der Waals surface area contributed by atoms with E-state index in [0.29, 0.717) is 5.92 Å². The molecule has 1 rings (SSSR count). The van der Waals surface area contributed by atoms with Gasteiger partial charge in [-0.2, -0.15) is 5.48 Å². The van der Waals surface area contributed by atoms with Crippen molar-refractivity contribution in [3.05, 3.63) is 21.9 Å². The van der Waals surface area contributed by atoms with Crippen molar-refractivity contribution in [2.75, 3.05) is 6.61 Å². The molecule has 3 heteroatoms. The Labute approximate surface area is 90.2 Å². The Hall–Kier alpha value is -0.380. The molecule has 14 heavy (non-hydrogen) atoms. The molecule has 0 aliphatic rings. The van der Waals surface area contributed by atoms with Gasteiger partial charge in [-0.05, 0) is 31.9 Å². The first-order valence-electron chi connectivity index (χ1n) is 5.03. The SMILES string of the molecule is Cc1ccc(C(C)NOCC(C)C)s1. The lowest BCUT2D eigenvalue weighted by atomic mass is 10.2. The summed E-state index contributed by atoms with van der Waals surface area (Å²) in [6.07, 6.45) is 0. The third-order valence-electron chi connectivity index (χ3n) is 1.86. The van der Waals surface area contributed by atoms with E-state index in [0.717, 1.165) is 6.61 Å². The molecule has 2 nitrogen and oxygen atoms in total. The zero-order chi connectivity index (χ0) is 10.6. The van der Waals surface area contributed by atoms with Crippen LogP contribution in [-0.4, -0.2) is 6.61 Å². The summed E-state index contributed by atoms with van der Waals surface area (Å²) in [7, 11) is 0. The summed E-state index contributed by atoms with van der Waals surface area (Å²) in [6, 6.07) is 4.57. The molecule has 80 valence electrons. The van der Waals surface area contributed by atoms with Gasteiger partial charge in [0.1, 0.15) is 0 Å². The van der Waals surface area contributed by atoms with Crippen molar-refractivity contribution in [1.82, 2.24) is 5.48 Å². The van der Waals surface area contributed by atoms with Gasteiger partial charge in [0.25, 0.3) is 0 Å². The first-order chi connectivity index (χ1) is 6.59. The molecule has 0 fully saturated rings. The van der Waals surface area contributed by atoms with Gasteiger partial charge in [-0.25, -0.2) is 0 Å². The van der Waals surface area contributed by atoms with Gasteiger partial charge in [0.2, 0.25) is 0 Å². The highest BCUT2D eigenvalue weighted by Gasteiger charge is 2.07. The summed E-state index contributed by atoms with van der Waals surface area (Å²) < 4.78 is 0. The van der Waals surface area contributed by atoms with Crippen LogP contribution in [0.1, 0.15) is 36.6 Å². The van der Waals surface area contributed by atoms with Crippen LogP contribution in [0.4, 0.5) is 0 Å². The smallest absolute Gasteiger partial charge is 0.0705 e. The van der Waals surface area contributed by atoms with Crippen molar-refractivity contribution in [3.8, 4) is 0 Å². The quantitative estimate of drug-likeness (QED) is 0.758. The topological polar surface area (TPSA) is 21.3 Å². The number of hydroxylamine groups is 1. The molecule has 0 aliphatic heterocycles. The van der Waals surface area contributed by atoms with E-state index in [-0.39, 0.29) is 6.04 Å². The van der Waals surface area contributed by atoms with E-state index < -0.39 is 0 Å². The molecule has 0 saturated heterocycles. The Morgan fingerprint density at radius 2 is 2.07 bits per heavy atom. The average molecular weight is 213 g/mol. The molecule has 0 amide bonds. The van der Waals surface area contributed by atoms with Gasteiger partial charge >= 0.3 is 0 Å². The summed E-state index contributed by atoms with van der Waals surface area (Å²) in [5.41, 5.74) is 3.05. The maximum absolute atomic E-state index is 5.38. The number of thiophene rings is 1. The van der Waals surface area contributed by atoms with E-state index in [4.69, 9.17) is 4.84 Å². The molecule has 1 aromatic rings. The van der Waals surface area contributed by atoms with Crippen LogP contribution in [0.2, 0.25) is 0 Å². The number of hydrogen-bond acceptors (Lipinski definition) is 3. The summed E-state index contributed by atoms with van der Waals surface area (Å²) in [5.74, 6) is 0.569. The second-order valence-electron chi connectivity index (χ2n) is 3.99. The van der Waals surface area contributed by atoms with Gasteiger partial charge < -0.3 is 4.84 Å². The van der Waals surface area contributed by atoms with Crippen molar-refractivity contribution in [2.45, 2.75) is 33.7 Å². The Morgan fingerprint density at radius 1 is 1.36 bits per heavy atom. The standard InChI is InChI=1S/C11H19NOS/c1-8(2)7-13-12-10(4)11-6-5-9(3)14-11/h5-6,8,10,12H,7H2,1-4H3. The summed E-state index contributed by atoms with van der Waals surface area (Å²) in [6.45, 7) is 9.28. The van der Waals surface area contributed by atoms with Crippen LogP contribution in [0, 0.1) is 12.8 Å². The van der Waals surface area contributed by atoms with Crippen molar-refractivity contribution < 1.29 is 4.84 Å². The summed E-state index contributed by atoms with van der Waals surface area (Å²) in [4.78, 5) is 8.05. The minimum Gasteiger partial charge on any atom is -0.301 e. The number of aryl methyl sites for hydroxylation is 1. The van der Waals surface area contributed by atoms with Crippen LogP contribution in [-0.2, 0) is 4.84 Å². The first kappa shape index (κ1) is 11.7. The predicted octanol–water partition coefficient (Wildman–Crippen LogP) is 3.29. The van der Waals surface area contributed by atoms with E-state index >= 15 is 0 Å². The largest absolute Gasteiger partial charge is 0.301 e. The molecule has 1 N–H and O–H groups in total. The Bertz CT molecular complexity index is 270. The van der Waals surface area contributed by atoms with E-state index in [1.165, 1.54) is 9.75 Å². The monoisotopic (exact) mass is 213 g/mol. The molecule has 0 saturated carbocycles. The van der Waals surface area contributed by atoms with E-state index in [9.17, 15) is 0 Å². The normalized spacial score (nSPS) is 13.5. The highest BCUT2D eigenvalue weighted by molar-refractivity contribution is 7.12. The molecule has 1 unspecified atom stereocenters.